The van der Waals surface area contributed by atoms with Crippen LogP contribution in [0, 0.1) is 17.1 Å². The number of aromatic nitrogens is 3. The summed E-state index contributed by atoms with van der Waals surface area (Å²) >= 11 is 2.53. The number of ether oxygens (including phenoxy) is 1. The number of nitrogens with one attached hydrogen (secondary N) is 1. The van der Waals surface area contributed by atoms with E-state index in [2.05, 4.69) is 15.5 Å². The summed E-state index contributed by atoms with van der Waals surface area (Å²) in [6, 6.07) is 9.42. The van der Waals surface area contributed by atoms with Crippen LogP contribution >= 0.6 is 23.1 Å². The molecule has 2 aromatic heterocycles. The van der Waals surface area contributed by atoms with E-state index in [1.54, 1.807) is 35.2 Å². The molecule has 1 N–H and O–H groups in total. The molecule has 0 saturated carbocycles. The van der Waals surface area contributed by atoms with Gasteiger partial charge in [0.2, 0.25) is 5.91 Å². The van der Waals surface area contributed by atoms with Crippen molar-refractivity contribution in [3.8, 4) is 11.8 Å². The fourth-order valence-electron chi connectivity index (χ4n) is 2.36. The van der Waals surface area contributed by atoms with Gasteiger partial charge in [0, 0.05) is 7.05 Å². The second kappa shape index (κ2) is 8.86. The number of nitriles is 1. The van der Waals surface area contributed by atoms with Crippen molar-refractivity contribution >= 4 is 34.0 Å². The highest BCUT2D eigenvalue weighted by Gasteiger charge is 2.18. The zero-order valence-electron chi connectivity index (χ0n) is 15.0. The van der Waals surface area contributed by atoms with E-state index in [1.807, 2.05) is 13.0 Å². The van der Waals surface area contributed by atoms with Gasteiger partial charge in [-0.1, -0.05) is 11.8 Å². The molecule has 1 unspecified atom stereocenters. The minimum absolute atomic E-state index is 0.127. The topological polar surface area (TPSA) is 92.8 Å². The Hall–Kier alpha value is -2.90. The fraction of sp³-hybridized carbons (Fsp3) is 0.222. The van der Waals surface area contributed by atoms with Gasteiger partial charge in [0.05, 0.1) is 11.3 Å². The number of rotatable bonds is 7. The summed E-state index contributed by atoms with van der Waals surface area (Å²) in [5.74, 6) is 0.665. The van der Waals surface area contributed by atoms with Crippen LogP contribution in [-0.2, 0) is 11.8 Å². The summed E-state index contributed by atoms with van der Waals surface area (Å²) in [4.78, 5) is 12.1. The molecule has 2 heterocycles. The first-order valence-electron chi connectivity index (χ1n) is 8.19. The van der Waals surface area contributed by atoms with Crippen molar-refractivity contribution in [1.82, 2.24) is 14.8 Å². The molecule has 0 spiro atoms. The molecule has 0 aliphatic carbocycles. The van der Waals surface area contributed by atoms with Crippen LogP contribution in [0.25, 0.3) is 0 Å². The van der Waals surface area contributed by atoms with Gasteiger partial charge in [-0.05, 0) is 42.6 Å². The lowest BCUT2D eigenvalue weighted by Crippen LogP contribution is -2.14. The molecule has 1 aromatic carbocycles. The van der Waals surface area contributed by atoms with Crippen molar-refractivity contribution in [3.05, 3.63) is 52.9 Å². The summed E-state index contributed by atoms with van der Waals surface area (Å²) in [6.45, 7) is 1.81. The Balaban J connectivity index is 1.58. The minimum Gasteiger partial charge on any atom is -0.483 e. The third kappa shape index (κ3) is 4.68. The Morgan fingerprint density at radius 3 is 2.86 bits per heavy atom. The second-order valence-corrected chi connectivity index (χ2v) is 7.58. The van der Waals surface area contributed by atoms with Gasteiger partial charge in [-0.2, -0.15) is 5.26 Å². The molecule has 10 heteroatoms. The van der Waals surface area contributed by atoms with Crippen LogP contribution in [-0.4, -0.2) is 26.4 Å². The van der Waals surface area contributed by atoms with Crippen LogP contribution in [0.3, 0.4) is 0 Å². The van der Waals surface area contributed by atoms with Crippen LogP contribution in [0.2, 0.25) is 0 Å². The number of amides is 1. The molecule has 1 atom stereocenters. The first kappa shape index (κ1) is 19.9. The van der Waals surface area contributed by atoms with E-state index in [0.717, 1.165) is 0 Å². The van der Waals surface area contributed by atoms with Gasteiger partial charge in [-0.25, -0.2) is 4.39 Å². The number of thioether (sulfide) groups is 1. The van der Waals surface area contributed by atoms with E-state index < -0.39 is 6.10 Å². The molecule has 3 rings (SSSR count). The van der Waals surface area contributed by atoms with E-state index in [9.17, 15) is 9.18 Å². The Morgan fingerprint density at radius 2 is 2.14 bits per heavy atom. The standard InChI is InChI=1S/C18H16FN5O2S2/c1-11(26-14-5-3-13(19)4-6-14)16-22-23-18(24(16)2)28-10-15(25)21-17-12(9-20)7-8-27-17/h3-8,11H,10H2,1-2H3,(H,21,25). The zero-order chi connectivity index (χ0) is 20.1. The molecule has 144 valence electrons. The lowest BCUT2D eigenvalue weighted by Gasteiger charge is -2.14. The first-order valence-corrected chi connectivity index (χ1v) is 10.1. The molecule has 7 nitrogen and oxygen atoms in total. The van der Waals surface area contributed by atoms with Crippen molar-refractivity contribution in [2.45, 2.75) is 18.2 Å². The van der Waals surface area contributed by atoms with Gasteiger partial charge in [0.25, 0.3) is 0 Å². The maximum Gasteiger partial charge on any atom is 0.235 e. The molecule has 0 aliphatic rings. The van der Waals surface area contributed by atoms with Crippen LogP contribution in [0.15, 0.2) is 40.9 Å². The Bertz CT molecular complexity index is 1010. The molecule has 28 heavy (non-hydrogen) atoms. The zero-order valence-corrected chi connectivity index (χ0v) is 16.7. The maximum atomic E-state index is 13.0. The summed E-state index contributed by atoms with van der Waals surface area (Å²) in [5.41, 5.74) is 0.441. The second-order valence-electron chi connectivity index (χ2n) is 5.73. The fourth-order valence-corrected chi connectivity index (χ4v) is 3.83. The Morgan fingerprint density at radius 1 is 1.39 bits per heavy atom. The van der Waals surface area contributed by atoms with Crippen molar-refractivity contribution in [2.75, 3.05) is 11.1 Å². The number of carbonyl (C=O) groups excluding carboxylic acids is 1. The number of carbonyl (C=O) groups is 1. The average Bonchev–Trinajstić information content (AvgIpc) is 3.28. The van der Waals surface area contributed by atoms with Gasteiger partial charge in [0.1, 0.15) is 22.6 Å². The maximum absolute atomic E-state index is 13.0. The monoisotopic (exact) mass is 417 g/mol. The normalized spacial score (nSPS) is 11.6. The largest absolute Gasteiger partial charge is 0.483 e. The number of anilines is 1. The molecular formula is C18H16FN5O2S2. The average molecular weight is 417 g/mol. The summed E-state index contributed by atoms with van der Waals surface area (Å²) in [7, 11) is 1.78. The van der Waals surface area contributed by atoms with Gasteiger partial charge < -0.3 is 14.6 Å². The molecule has 0 aliphatic heterocycles. The van der Waals surface area contributed by atoms with E-state index in [1.165, 1.54) is 35.2 Å². The predicted molar refractivity (Wildman–Crippen MR) is 105 cm³/mol. The smallest absolute Gasteiger partial charge is 0.235 e. The summed E-state index contributed by atoms with van der Waals surface area (Å²) in [5, 5.41) is 22.8. The van der Waals surface area contributed by atoms with Gasteiger partial charge in [-0.15, -0.1) is 21.5 Å². The van der Waals surface area contributed by atoms with Crippen molar-refractivity contribution in [2.24, 2.45) is 7.05 Å². The third-order valence-electron chi connectivity index (χ3n) is 3.73. The van der Waals surface area contributed by atoms with Gasteiger partial charge in [0.15, 0.2) is 17.1 Å². The van der Waals surface area contributed by atoms with Crippen LogP contribution in [0.1, 0.15) is 24.4 Å². The quantitative estimate of drug-likeness (QED) is 0.589. The Kier molecular flexibility index (Phi) is 6.28. The molecule has 3 aromatic rings. The number of nitrogens with zero attached hydrogens (tertiary/aromatic N) is 4. The summed E-state index contributed by atoms with van der Waals surface area (Å²) < 4.78 is 20.5. The SMILES string of the molecule is CC(Oc1ccc(F)cc1)c1nnc(SCC(=O)Nc2sccc2C#N)n1C. The molecular weight excluding hydrogens is 401 g/mol. The highest BCUT2D eigenvalue weighted by Crippen LogP contribution is 2.25. The van der Waals surface area contributed by atoms with Crippen molar-refractivity contribution < 1.29 is 13.9 Å². The summed E-state index contributed by atoms with van der Waals surface area (Å²) in [6.07, 6.45) is -0.407. The van der Waals surface area contributed by atoms with Crippen LogP contribution < -0.4 is 10.1 Å². The third-order valence-corrected chi connectivity index (χ3v) is 5.58. The Labute approximate surface area is 169 Å². The van der Waals surface area contributed by atoms with E-state index in [-0.39, 0.29) is 17.5 Å². The van der Waals surface area contributed by atoms with E-state index in [0.29, 0.717) is 27.3 Å². The molecule has 0 radical (unpaired) electrons. The number of hydrogen-bond acceptors (Lipinski definition) is 7. The molecule has 0 bridgehead atoms. The number of halogens is 1. The van der Waals surface area contributed by atoms with Crippen LogP contribution in [0.4, 0.5) is 9.39 Å². The lowest BCUT2D eigenvalue weighted by atomic mass is 10.3. The highest BCUT2D eigenvalue weighted by atomic mass is 32.2. The van der Waals surface area contributed by atoms with Gasteiger partial charge in [-0.3, -0.25) is 4.79 Å². The van der Waals surface area contributed by atoms with Crippen molar-refractivity contribution in [3.63, 3.8) is 0 Å². The number of benzene rings is 1. The predicted octanol–water partition coefficient (Wildman–Crippen LogP) is 3.76. The van der Waals surface area contributed by atoms with E-state index in [4.69, 9.17) is 10.00 Å². The number of thiophene rings is 1. The highest BCUT2D eigenvalue weighted by molar-refractivity contribution is 7.99. The van der Waals surface area contributed by atoms with Crippen molar-refractivity contribution in [1.29, 1.82) is 5.26 Å². The first-order chi connectivity index (χ1) is 13.5. The van der Waals surface area contributed by atoms with Crippen LogP contribution in [0.5, 0.6) is 5.75 Å². The van der Waals surface area contributed by atoms with E-state index >= 15 is 0 Å². The lowest BCUT2D eigenvalue weighted by molar-refractivity contribution is -0.113. The molecule has 0 saturated heterocycles. The van der Waals surface area contributed by atoms with Gasteiger partial charge >= 0.3 is 0 Å². The molecule has 0 fully saturated rings. The minimum atomic E-state index is -0.407. The molecule has 1 amide bonds. The number of hydrogen-bond donors (Lipinski definition) is 1.